The van der Waals surface area contributed by atoms with Gasteiger partial charge in [-0.15, -0.1) is 0 Å². The van der Waals surface area contributed by atoms with Gasteiger partial charge >= 0.3 is 0 Å². The summed E-state index contributed by atoms with van der Waals surface area (Å²) in [7, 11) is 1.65. The van der Waals surface area contributed by atoms with Gasteiger partial charge in [-0.3, -0.25) is 4.79 Å². The topological polar surface area (TPSA) is 56.6 Å². The zero-order valence-electron chi connectivity index (χ0n) is 20.5. The first kappa shape index (κ1) is 23.0. The Bertz CT molecular complexity index is 1360. The number of methoxy groups -OCH3 is 1. The molecule has 1 atom stereocenters. The van der Waals surface area contributed by atoms with Crippen molar-refractivity contribution in [3.8, 4) is 11.5 Å². The van der Waals surface area contributed by atoms with Gasteiger partial charge in [-0.05, 0) is 61.7 Å². The monoisotopic (exact) mass is 469 g/mol. The molecule has 4 aromatic rings. The number of amides is 1. The van der Waals surface area contributed by atoms with Crippen LogP contribution in [0.5, 0.6) is 11.5 Å². The average Bonchev–Trinajstić information content (AvgIpc) is 3.44. The van der Waals surface area contributed by atoms with Crippen molar-refractivity contribution in [3.05, 3.63) is 83.7 Å². The lowest BCUT2D eigenvalue weighted by atomic mass is 10.1. The lowest BCUT2D eigenvalue weighted by Crippen LogP contribution is -2.25. The lowest BCUT2D eigenvalue weighted by Gasteiger charge is -2.20. The van der Waals surface area contributed by atoms with E-state index in [9.17, 15) is 4.79 Å². The van der Waals surface area contributed by atoms with E-state index in [-0.39, 0.29) is 11.8 Å². The first-order chi connectivity index (χ1) is 17.1. The number of hydrogen-bond donors (Lipinski definition) is 0. The van der Waals surface area contributed by atoms with Crippen molar-refractivity contribution in [1.29, 1.82) is 0 Å². The van der Waals surface area contributed by atoms with Gasteiger partial charge in [-0.2, -0.15) is 0 Å². The smallest absolute Gasteiger partial charge is 0.227 e. The van der Waals surface area contributed by atoms with E-state index in [1.54, 1.807) is 7.11 Å². The average molecular weight is 470 g/mol. The molecule has 1 aliphatic heterocycles. The molecule has 1 fully saturated rings. The molecule has 0 unspecified atom stereocenters. The highest BCUT2D eigenvalue weighted by molar-refractivity contribution is 5.97. The number of carbonyl (C=O) groups excluding carboxylic acids is 1. The number of imidazole rings is 1. The molecule has 0 spiro atoms. The summed E-state index contributed by atoms with van der Waals surface area (Å²) in [6, 6.07) is 22.0. The van der Waals surface area contributed by atoms with Crippen LogP contribution in [0, 0.1) is 13.8 Å². The minimum Gasteiger partial charge on any atom is -0.493 e. The normalized spacial score (nSPS) is 15.7. The molecular weight excluding hydrogens is 438 g/mol. The standard InChI is InChI=1S/C29H31N3O3/c1-20-10-8-13-24(21(20)2)32-19-22(18-28(32)33)29-30-23-11-4-5-12-25(23)31(29)16-9-17-35-27-15-7-6-14-26(27)34-3/h4-8,10-15,22H,9,16-19H2,1-3H3/t22-/m1/s1. The van der Waals surface area contributed by atoms with Gasteiger partial charge in [-0.1, -0.05) is 36.4 Å². The van der Waals surface area contributed by atoms with Crippen LogP contribution in [0.1, 0.15) is 35.7 Å². The van der Waals surface area contributed by atoms with Crippen LogP contribution < -0.4 is 14.4 Å². The molecule has 1 saturated heterocycles. The third-order valence-corrected chi connectivity index (χ3v) is 6.89. The van der Waals surface area contributed by atoms with Gasteiger partial charge in [-0.25, -0.2) is 4.98 Å². The molecule has 6 nitrogen and oxygen atoms in total. The van der Waals surface area contributed by atoms with Crippen LogP contribution in [0.4, 0.5) is 5.69 Å². The number of aromatic nitrogens is 2. The molecule has 180 valence electrons. The van der Waals surface area contributed by atoms with Gasteiger partial charge in [0.15, 0.2) is 11.5 Å². The molecule has 35 heavy (non-hydrogen) atoms. The number of benzene rings is 3. The molecule has 0 N–H and O–H groups in total. The van der Waals surface area contributed by atoms with Crippen molar-refractivity contribution in [1.82, 2.24) is 9.55 Å². The summed E-state index contributed by atoms with van der Waals surface area (Å²) in [5.74, 6) is 2.66. The van der Waals surface area contributed by atoms with Crippen molar-refractivity contribution in [2.45, 2.75) is 39.2 Å². The number of nitrogens with zero attached hydrogens (tertiary/aromatic N) is 3. The number of rotatable bonds is 8. The minimum atomic E-state index is 0.0462. The number of fused-ring (bicyclic) bond motifs is 1. The van der Waals surface area contributed by atoms with Gasteiger partial charge in [0.05, 0.1) is 24.8 Å². The van der Waals surface area contributed by atoms with Crippen molar-refractivity contribution in [2.24, 2.45) is 0 Å². The summed E-state index contributed by atoms with van der Waals surface area (Å²) in [5.41, 5.74) is 5.41. The molecular formula is C29H31N3O3. The summed E-state index contributed by atoms with van der Waals surface area (Å²) in [5, 5.41) is 0. The number of para-hydroxylation sites is 4. The zero-order chi connectivity index (χ0) is 24.4. The molecule has 5 rings (SSSR count). The molecule has 1 aromatic heterocycles. The Kier molecular flexibility index (Phi) is 6.45. The summed E-state index contributed by atoms with van der Waals surface area (Å²) in [4.78, 5) is 20.0. The highest BCUT2D eigenvalue weighted by Gasteiger charge is 2.35. The summed E-state index contributed by atoms with van der Waals surface area (Å²) in [6.45, 7) is 6.14. The second kappa shape index (κ2) is 9.82. The van der Waals surface area contributed by atoms with E-state index in [1.807, 2.05) is 59.5 Å². The summed E-state index contributed by atoms with van der Waals surface area (Å²) in [6.07, 6.45) is 1.28. The number of anilines is 1. The fourth-order valence-corrected chi connectivity index (χ4v) is 4.93. The zero-order valence-corrected chi connectivity index (χ0v) is 20.5. The van der Waals surface area contributed by atoms with Gasteiger partial charge in [0.2, 0.25) is 5.91 Å². The van der Waals surface area contributed by atoms with Crippen LogP contribution in [0.25, 0.3) is 11.0 Å². The van der Waals surface area contributed by atoms with E-state index in [0.29, 0.717) is 19.6 Å². The van der Waals surface area contributed by atoms with E-state index in [0.717, 1.165) is 52.6 Å². The molecule has 2 heterocycles. The van der Waals surface area contributed by atoms with Gasteiger partial charge in [0.25, 0.3) is 0 Å². The Hall–Kier alpha value is -3.80. The fourth-order valence-electron chi connectivity index (χ4n) is 4.93. The van der Waals surface area contributed by atoms with Crippen molar-refractivity contribution in [2.75, 3.05) is 25.2 Å². The molecule has 3 aromatic carbocycles. The summed E-state index contributed by atoms with van der Waals surface area (Å²) < 4.78 is 13.7. The number of hydrogen-bond acceptors (Lipinski definition) is 4. The van der Waals surface area contributed by atoms with Crippen molar-refractivity contribution in [3.63, 3.8) is 0 Å². The van der Waals surface area contributed by atoms with Crippen LogP contribution in [0.15, 0.2) is 66.7 Å². The Morgan fingerprint density at radius 3 is 2.57 bits per heavy atom. The first-order valence-electron chi connectivity index (χ1n) is 12.1. The van der Waals surface area contributed by atoms with Crippen LogP contribution in [0.2, 0.25) is 0 Å². The van der Waals surface area contributed by atoms with Gasteiger partial charge in [0.1, 0.15) is 5.82 Å². The molecule has 1 aliphatic rings. The van der Waals surface area contributed by atoms with Crippen LogP contribution in [0.3, 0.4) is 0 Å². The highest BCUT2D eigenvalue weighted by atomic mass is 16.5. The van der Waals surface area contributed by atoms with Crippen molar-refractivity contribution < 1.29 is 14.3 Å². The van der Waals surface area contributed by atoms with E-state index in [4.69, 9.17) is 14.5 Å². The van der Waals surface area contributed by atoms with E-state index >= 15 is 0 Å². The predicted octanol–water partition coefficient (Wildman–Crippen LogP) is 5.65. The van der Waals surface area contributed by atoms with E-state index in [2.05, 4.69) is 30.5 Å². The lowest BCUT2D eigenvalue weighted by molar-refractivity contribution is -0.117. The molecule has 6 heteroatoms. The maximum atomic E-state index is 13.1. The molecule has 1 amide bonds. The fraction of sp³-hybridized carbons (Fsp3) is 0.310. The van der Waals surface area contributed by atoms with Gasteiger partial charge in [0, 0.05) is 31.1 Å². The number of aryl methyl sites for hydroxylation is 2. The maximum Gasteiger partial charge on any atom is 0.227 e. The predicted molar refractivity (Wildman–Crippen MR) is 138 cm³/mol. The third-order valence-electron chi connectivity index (χ3n) is 6.89. The molecule has 0 radical (unpaired) electrons. The Labute approximate surface area is 206 Å². The molecule has 0 aliphatic carbocycles. The van der Waals surface area contributed by atoms with Gasteiger partial charge < -0.3 is 18.9 Å². The second-order valence-electron chi connectivity index (χ2n) is 9.09. The van der Waals surface area contributed by atoms with Crippen LogP contribution in [-0.2, 0) is 11.3 Å². The second-order valence-corrected chi connectivity index (χ2v) is 9.09. The largest absolute Gasteiger partial charge is 0.493 e. The number of carbonyl (C=O) groups is 1. The minimum absolute atomic E-state index is 0.0462. The van der Waals surface area contributed by atoms with E-state index < -0.39 is 0 Å². The highest BCUT2D eigenvalue weighted by Crippen LogP contribution is 2.35. The summed E-state index contributed by atoms with van der Waals surface area (Å²) >= 11 is 0. The Morgan fingerprint density at radius 1 is 0.971 bits per heavy atom. The Balaban J connectivity index is 1.36. The first-order valence-corrected chi connectivity index (χ1v) is 12.1. The quantitative estimate of drug-likeness (QED) is 0.313. The Morgan fingerprint density at radius 2 is 1.74 bits per heavy atom. The number of ether oxygens (including phenoxy) is 2. The van der Waals surface area contributed by atoms with Crippen LogP contribution in [-0.4, -0.2) is 35.7 Å². The SMILES string of the molecule is COc1ccccc1OCCCn1c([C@@H]2CC(=O)N(c3cccc(C)c3C)C2)nc2ccccc21. The molecule has 0 bridgehead atoms. The third kappa shape index (κ3) is 4.48. The maximum absolute atomic E-state index is 13.1. The van der Waals surface area contributed by atoms with E-state index in [1.165, 1.54) is 5.56 Å². The molecule has 0 saturated carbocycles. The van der Waals surface area contributed by atoms with Crippen LogP contribution >= 0.6 is 0 Å². The van der Waals surface area contributed by atoms with Crippen molar-refractivity contribution >= 4 is 22.6 Å².